The van der Waals surface area contributed by atoms with Gasteiger partial charge in [-0.05, 0) is 61.5 Å². The van der Waals surface area contributed by atoms with E-state index in [0.29, 0.717) is 22.6 Å². The Balaban J connectivity index is 1.64. The van der Waals surface area contributed by atoms with Crippen molar-refractivity contribution >= 4 is 23.0 Å². The number of halogens is 1. The molecule has 0 aliphatic carbocycles. The lowest BCUT2D eigenvalue weighted by Crippen LogP contribution is -2.13. The number of hydrogen-bond acceptors (Lipinski definition) is 4. The molecule has 6 nitrogen and oxygen atoms in total. The Labute approximate surface area is 159 Å². The summed E-state index contributed by atoms with van der Waals surface area (Å²) >= 11 is 0. The lowest BCUT2D eigenvalue weighted by atomic mass is 10.1. The second kappa shape index (κ2) is 7.03. The molecule has 1 amide bonds. The highest BCUT2D eigenvalue weighted by atomic mass is 19.1. The Morgan fingerprint density at radius 3 is 2.39 bits per heavy atom. The molecule has 0 fully saturated rings. The predicted molar refractivity (Wildman–Crippen MR) is 103 cm³/mol. The van der Waals surface area contributed by atoms with Crippen LogP contribution >= 0.6 is 0 Å². The fourth-order valence-corrected chi connectivity index (χ4v) is 2.83. The van der Waals surface area contributed by atoms with Crippen molar-refractivity contribution in [2.24, 2.45) is 0 Å². The van der Waals surface area contributed by atoms with Gasteiger partial charge in [-0.15, -0.1) is 0 Å². The van der Waals surface area contributed by atoms with E-state index in [0.717, 1.165) is 5.56 Å². The summed E-state index contributed by atoms with van der Waals surface area (Å²) in [5.41, 5.74) is 3.26. The van der Waals surface area contributed by atoms with Crippen molar-refractivity contribution in [2.45, 2.75) is 6.92 Å². The maximum absolute atomic E-state index is 13.2. The van der Waals surface area contributed by atoms with E-state index in [1.165, 1.54) is 19.1 Å². The lowest BCUT2D eigenvalue weighted by Gasteiger charge is -2.05. The van der Waals surface area contributed by atoms with Crippen molar-refractivity contribution in [1.82, 2.24) is 14.6 Å². The third kappa shape index (κ3) is 3.37. The first-order valence-electron chi connectivity index (χ1n) is 8.54. The molecule has 28 heavy (non-hydrogen) atoms. The van der Waals surface area contributed by atoms with Crippen LogP contribution in [0.3, 0.4) is 0 Å². The zero-order chi connectivity index (χ0) is 19.7. The predicted octanol–water partition coefficient (Wildman–Crippen LogP) is 3.99. The van der Waals surface area contributed by atoms with Crippen LogP contribution in [0.1, 0.15) is 27.8 Å². The number of nitrogens with zero attached hydrogens (tertiary/aromatic N) is 3. The molecule has 2 aromatic heterocycles. The van der Waals surface area contributed by atoms with Gasteiger partial charge in [0.2, 0.25) is 0 Å². The number of nitrogens with one attached hydrogen (secondary N) is 1. The Kier molecular flexibility index (Phi) is 4.41. The molecule has 0 radical (unpaired) electrons. The molecule has 0 saturated heterocycles. The first kappa shape index (κ1) is 17.5. The molecule has 1 N–H and O–H groups in total. The molecule has 0 saturated carbocycles. The van der Waals surface area contributed by atoms with Gasteiger partial charge < -0.3 is 5.32 Å². The molecule has 4 rings (SSSR count). The molecular formula is C21H15FN4O2. The molecule has 7 heteroatoms. The van der Waals surface area contributed by atoms with Crippen molar-refractivity contribution in [3.8, 4) is 11.3 Å². The standard InChI is InChI=1S/C21H15FN4O2/c1-13(27)14-4-8-17(9-5-14)24-21(28)18-12-20-23-11-10-19(26(20)25-18)15-2-6-16(22)7-3-15/h2-12H,1H3,(H,24,28). The van der Waals surface area contributed by atoms with E-state index in [-0.39, 0.29) is 17.3 Å². The van der Waals surface area contributed by atoms with Gasteiger partial charge in [-0.1, -0.05) is 0 Å². The molecule has 0 aliphatic heterocycles. The number of fused-ring (bicyclic) bond motifs is 1. The van der Waals surface area contributed by atoms with Crippen LogP contribution in [0.15, 0.2) is 66.9 Å². The van der Waals surface area contributed by atoms with Crippen LogP contribution in [-0.4, -0.2) is 26.3 Å². The minimum absolute atomic E-state index is 0.0439. The molecule has 0 spiro atoms. The maximum Gasteiger partial charge on any atom is 0.276 e. The highest BCUT2D eigenvalue weighted by Crippen LogP contribution is 2.21. The molecule has 4 aromatic rings. The van der Waals surface area contributed by atoms with Gasteiger partial charge in [-0.25, -0.2) is 13.9 Å². The molecular weight excluding hydrogens is 359 g/mol. The van der Waals surface area contributed by atoms with E-state index in [1.54, 1.807) is 59.2 Å². The highest BCUT2D eigenvalue weighted by Gasteiger charge is 2.14. The Morgan fingerprint density at radius 2 is 1.71 bits per heavy atom. The van der Waals surface area contributed by atoms with Crippen LogP contribution in [-0.2, 0) is 0 Å². The number of amides is 1. The summed E-state index contributed by atoms with van der Waals surface area (Å²) in [6.07, 6.45) is 1.61. The fraction of sp³-hybridized carbons (Fsp3) is 0.0476. The lowest BCUT2D eigenvalue weighted by molar-refractivity contribution is 0.101. The summed E-state index contributed by atoms with van der Waals surface area (Å²) in [4.78, 5) is 28.1. The summed E-state index contributed by atoms with van der Waals surface area (Å²) < 4.78 is 14.7. The highest BCUT2D eigenvalue weighted by molar-refractivity contribution is 6.04. The summed E-state index contributed by atoms with van der Waals surface area (Å²) in [7, 11) is 0. The van der Waals surface area contributed by atoms with Crippen molar-refractivity contribution in [1.29, 1.82) is 0 Å². The minimum Gasteiger partial charge on any atom is -0.321 e. The smallest absolute Gasteiger partial charge is 0.276 e. The monoisotopic (exact) mass is 374 g/mol. The van der Waals surface area contributed by atoms with Crippen LogP contribution in [0.25, 0.3) is 16.9 Å². The van der Waals surface area contributed by atoms with Crippen molar-refractivity contribution in [2.75, 3.05) is 5.32 Å². The number of carbonyl (C=O) groups excluding carboxylic acids is 2. The van der Waals surface area contributed by atoms with Crippen LogP contribution in [0.4, 0.5) is 10.1 Å². The SMILES string of the molecule is CC(=O)c1ccc(NC(=O)c2cc3nccc(-c4ccc(F)cc4)n3n2)cc1. The second-order valence-electron chi connectivity index (χ2n) is 6.22. The number of aromatic nitrogens is 3. The molecule has 0 bridgehead atoms. The van der Waals surface area contributed by atoms with Crippen molar-refractivity contribution < 1.29 is 14.0 Å². The summed E-state index contributed by atoms with van der Waals surface area (Å²) in [6.45, 7) is 1.48. The van der Waals surface area contributed by atoms with Gasteiger partial charge in [-0.3, -0.25) is 9.59 Å². The van der Waals surface area contributed by atoms with E-state index < -0.39 is 5.91 Å². The largest absolute Gasteiger partial charge is 0.321 e. The summed E-state index contributed by atoms with van der Waals surface area (Å²) in [6, 6.07) is 15.9. The summed E-state index contributed by atoms with van der Waals surface area (Å²) in [5.74, 6) is -0.769. The normalized spacial score (nSPS) is 10.8. The van der Waals surface area contributed by atoms with E-state index in [9.17, 15) is 14.0 Å². The van der Waals surface area contributed by atoms with Crippen LogP contribution < -0.4 is 5.32 Å². The van der Waals surface area contributed by atoms with Gasteiger partial charge >= 0.3 is 0 Å². The number of carbonyl (C=O) groups is 2. The topological polar surface area (TPSA) is 76.4 Å². The van der Waals surface area contributed by atoms with Gasteiger partial charge in [-0.2, -0.15) is 5.10 Å². The molecule has 0 atom stereocenters. The number of rotatable bonds is 4. The number of ketones is 1. The molecule has 0 unspecified atom stereocenters. The van der Waals surface area contributed by atoms with E-state index in [2.05, 4.69) is 15.4 Å². The first-order chi connectivity index (χ1) is 13.5. The van der Waals surface area contributed by atoms with Crippen molar-refractivity contribution in [3.63, 3.8) is 0 Å². The van der Waals surface area contributed by atoms with Gasteiger partial charge in [0.05, 0.1) is 5.69 Å². The third-order valence-electron chi connectivity index (χ3n) is 4.28. The Hall–Kier alpha value is -3.87. The zero-order valence-electron chi connectivity index (χ0n) is 14.9. The van der Waals surface area contributed by atoms with Gasteiger partial charge in [0.15, 0.2) is 17.1 Å². The quantitative estimate of drug-likeness (QED) is 0.548. The second-order valence-corrected chi connectivity index (χ2v) is 6.22. The van der Waals surface area contributed by atoms with Gasteiger partial charge in [0, 0.05) is 29.1 Å². The molecule has 2 heterocycles. The molecule has 138 valence electrons. The average molecular weight is 374 g/mol. The fourth-order valence-electron chi connectivity index (χ4n) is 2.83. The van der Waals surface area contributed by atoms with Crippen molar-refractivity contribution in [3.05, 3.63) is 83.9 Å². The number of benzene rings is 2. The average Bonchev–Trinajstić information content (AvgIpc) is 3.14. The number of hydrogen-bond donors (Lipinski definition) is 1. The number of anilines is 1. The van der Waals surface area contributed by atoms with E-state index in [4.69, 9.17) is 0 Å². The third-order valence-corrected chi connectivity index (χ3v) is 4.28. The van der Waals surface area contributed by atoms with Crippen LogP contribution in [0, 0.1) is 5.82 Å². The Bertz CT molecular complexity index is 1180. The van der Waals surface area contributed by atoms with E-state index >= 15 is 0 Å². The van der Waals surface area contributed by atoms with Gasteiger partial charge in [0.1, 0.15) is 5.82 Å². The molecule has 0 aliphatic rings. The number of Topliss-reactive ketones (excluding diaryl/α,β-unsaturated/α-hetero) is 1. The summed E-state index contributed by atoms with van der Waals surface area (Å²) in [5, 5.41) is 7.10. The molecule has 2 aromatic carbocycles. The minimum atomic E-state index is -0.397. The van der Waals surface area contributed by atoms with E-state index in [1.807, 2.05) is 0 Å². The zero-order valence-corrected chi connectivity index (χ0v) is 14.9. The van der Waals surface area contributed by atoms with Gasteiger partial charge in [0.25, 0.3) is 5.91 Å². The van der Waals surface area contributed by atoms with Crippen LogP contribution in [0.2, 0.25) is 0 Å². The first-order valence-corrected chi connectivity index (χ1v) is 8.54. The Morgan fingerprint density at radius 1 is 1.00 bits per heavy atom. The maximum atomic E-state index is 13.2. The van der Waals surface area contributed by atoms with Crippen LogP contribution in [0.5, 0.6) is 0 Å².